The molecular weight excluding hydrogens is 187 g/mol. The van der Waals surface area contributed by atoms with Crippen molar-refractivity contribution < 1.29 is 18.7 Å². The van der Waals surface area contributed by atoms with Crippen LogP contribution in [0.2, 0.25) is 0 Å². The standard InChI is InChI=1S/C10H11FO3/c1-13-6-8(12)10-7(11)4-3-5-9(10)14-2/h3-5H,6H2,1-2H3. The van der Waals surface area contributed by atoms with Crippen LogP contribution in [0.3, 0.4) is 0 Å². The first-order valence-corrected chi connectivity index (χ1v) is 4.05. The van der Waals surface area contributed by atoms with Crippen LogP contribution < -0.4 is 4.74 Å². The summed E-state index contributed by atoms with van der Waals surface area (Å²) in [6.07, 6.45) is 0. The molecule has 0 radical (unpaired) electrons. The van der Waals surface area contributed by atoms with Crippen molar-refractivity contribution in [2.24, 2.45) is 0 Å². The Balaban J connectivity index is 3.10. The van der Waals surface area contributed by atoms with E-state index in [1.807, 2.05) is 0 Å². The van der Waals surface area contributed by atoms with Crippen LogP contribution in [0.4, 0.5) is 4.39 Å². The van der Waals surface area contributed by atoms with Gasteiger partial charge in [-0.15, -0.1) is 0 Å². The zero-order valence-corrected chi connectivity index (χ0v) is 8.04. The molecule has 76 valence electrons. The highest BCUT2D eigenvalue weighted by atomic mass is 19.1. The number of hydrogen-bond donors (Lipinski definition) is 0. The number of benzene rings is 1. The average Bonchev–Trinajstić information content (AvgIpc) is 2.17. The van der Waals surface area contributed by atoms with Gasteiger partial charge in [-0.2, -0.15) is 0 Å². The van der Waals surface area contributed by atoms with Crippen molar-refractivity contribution in [1.82, 2.24) is 0 Å². The van der Waals surface area contributed by atoms with Gasteiger partial charge in [0.05, 0.1) is 12.7 Å². The number of hydrogen-bond acceptors (Lipinski definition) is 3. The highest BCUT2D eigenvalue weighted by Crippen LogP contribution is 2.21. The topological polar surface area (TPSA) is 35.5 Å². The molecule has 1 aromatic rings. The first-order chi connectivity index (χ1) is 6.70. The van der Waals surface area contributed by atoms with E-state index in [1.54, 1.807) is 0 Å². The summed E-state index contributed by atoms with van der Waals surface area (Å²) in [6, 6.07) is 4.23. The van der Waals surface area contributed by atoms with Crippen molar-refractivity contribution in [2.75, 3.05) is 20.8 Å². The van der Waals surface area contributed by atoms with Gasteiger partial charge in [-0.25, -0.2) is 4.39 Å². The van der Waals surface area contributed by atoms with E-state index in [2.05, 4.69) is 4.74 Å². The Morgan fingerprint density at radius 1 is 1.43 bits per heavy atom. The molecule has 0 spiro atoms. The average molecular weight is 198 g/mol. The lowest BCUT2D eigenvalue weighted by atomic mass is 10.1. The Bertz CT molecular complexity index is 336. The summed E-state index contributed by atoms with van der Waals surface area (Å²) in [4.78, 5) is 11.4. The van der Waals surface area contributed by atoms with E-state index in [0.717, 1.165) is 0 Å². The fraction of sp³-hybridized carbons (Fsp3) is 0.300. The number of ether oxygens (including phenoxy) is 2. The maximum atomic E-state index is 13.3. The minimum atomic E-state index is -0.591. The lowest BCUT2D eigenvalue weighted by Crippen LogP contribution is -2.10. The second-order valence-corrected chi connectivity index (χ2v) is 2.67. The molecule has 14 heavy (non-hydrogen) atoms. The van der Waals surface area contributed by atoms with E-state index in [1.165, 1.54) is 32.4 Å². The molecule has 1 aromatic carbocycles. The Labute approximate surface area is 81.4 Å². The largest absolute Gasteiger partial charge is 0.496 e. The maximum Gasteiger partial charge on any atom is 0.195 e. The summed E-state index contributed by atoms with van der Waals surface area (Å²) < 4.78 is 22.8. The Morgan fingerprint density at radius 2 is 2.14 bits per heavy atom. The van der Waals surface area contributed by atoms with E-state index >= 15 is 0 Å². The molecule has 0 aromatic heterocycles. The summed E-state index contributed by atoms with van der Waals surface area (Å²) in [7, 11) is 2.77. The van der Waals surface area contributed by atoms with Gasteiger partial charge in [0.1, 0.15) is 18.2 Å². The van der Waals surface area contributed by atoms with Crippen molar-refractivity contribution in [3.8, 4) is 5.75 Å². The summed E-state index contributed by atoms with van der Waals surface area (Å²) in [6.45, 7) is -0.155. The number of halogens is 1. The van der Waals surface area contributed by atoms with Gasteiger partial charge in [-0.3, -0.25) is 4.79 Å². The van der Waals surface area contributed by atoms with Crippen LogP contribution in [0.5, 0.6) is 5.75 Å². The van der Waals surface area contributed by atoms with E-state index in [-0.39, 0.29) is 17.9 Å². The molecule has 0 N–H and O–H groups in total. The summed E-state index contributed by atoms with van der Waals surface area (Å²) in [5, 5.41) is 0. The summed E-state index contributed by atoms with van der Waals surface area (Å²) >= 11 is 0. The molecule has 0 aliphatic carbocycles. The first-order valence-electron chi connectivity index (χ1n) is 4.05. The lowest BCUT2D eigenvalue weighted by Gasteiger charge is -2.07. The molecule has 4 heteroatoms. The fourth-order valence-electron chi connectivity index (χ4n) is 1.15. The molecule has 0 saturated carbocycles. The van der Waals surface area contributed by atoms with Gasteiger partial charge in [0.25, 0.3) is 0 Å². The minimum absolute atomic E-state index is 0.0585. The van der Waals surface area contributed by atoms with Gasteiger partial charge in [0.2, 0.25) is 0 Å². The predicted molar refractivity (Wildman–Crippen MR) is 49.2 cm³/mol. The molecule has 0 amide bonds. The van der Waals surface area contributed by atoms with Crippen molar-refractivity contribution >= 4 is 5.78 Å². The summed E-state index contributed by atoms with van der Waals surface area (Å²) in [5.74, 6) is -0.791. The minimum Gasteiger partial charge on any atom is -0.496 e. The normalized spacial score (nSPS) is 9.93. The Kier molecular flexibility index (Phi) is 3.59. The van der Waals surface area contributed by atoms with Crippen LogP contribution in [0.1, 0.15) is 10.4 Å². The molecule has 3 nitrogen and oxygen atoms in total. The smallest absolute Gasteiger partial charge is 0.195 e. The van der Waals surface area contributed by atoms with E-state index < -0.39 is 11.6 Å². The van der Waals surface area contributed by atoms with Crippen molar-refractivity contribution in [3.63, 3.8) is 0 Å². The zero-order valence-electron chi connectivity index (χ0n) is 8.04. The second-order valence-electron chi connectivity index (χ2n) is 2.67. The fourth-order valence-corrected chi connectivity index (χ4v) is 1.15. The van der Waals surface area contributed by atoms with Crippen molar-refractivity contribution in [1.29, 1.82) is 0 Å². The van der Waals surface area contributed by atoms with Gasteiger partial charge >= 0.3 is 0 Å². The van der Waals surface area contributed by atoms with Gasteiger partial charge in [0.15, 0.2) is 5.78 Å². The van der Waals surface area contributed by atoms with Crippen molar-refractivity contribution in [3.05, 3.63) is 29.6 Å². The molecular formula is C10H11FO3. The molecule has 0 aliphatic rings. The second kappa shape index (κ2) is 4.72. The zero-order chi connectivity index (χ0) is 10.6. The molecule has 0 atom stereocenters. The maximum absolute atomic E-state index is 13.3. The van der Waals surface area contributed by atoms with Crippen LogP contribution in [0.15, 0.2) is 18.2 Å². The molecule has 1 rings (SSSR count). The predicted octanol–water partition coefficient (Wildman–Crippen LogP) is 1.66. The van der Waals surface area contributed by atoms with E-state index in [0.29, 0.717) is 0 Å². The molecule has 0 fully saturated rings. The number of Topliss-reactive ketones (excluding diaryl/α,β-unsaturated/α-hetero) is 1. The van der Waals surface area contributed by atoms with Crippen LogP contribution in [0.25, 0.3) is 0 Å². The third-order valence-corrected chi connectivity index (χ3v) is 1.75. The number of carbonyl (C=O) groups excluding carboxylic acids is 1. The third-order valence-electron chi connectivity index (χ3n) is 1.75. The number of ketones is 1. The van der Waals surface area contributed by atoms with Crippen LogP contribution in [-0.4, -0.2) is 26.6 Å². The Morgan fingerprint density at radius 3 is 2.71 bits per heavy atom. The number of carbonyl (C=O) groups is 1. The quantitative estimate of drug-likeness (QED) is 0.690. The molecule has 0 aliphatic heterocycles. The molecule has 0 unspecified atom stereocenters. The first kappa shape index (κ1) is 10.7. The Hall–Kier alpha value is -1.42. The van der Waals surface area contributed by atoms with Crippen molar-refractivity contribution in [2.45, 2.75) is 0 Å². The monoisotopic (exact) mass is 198 g/mol. The SMILES string of the molecule is COCC(=O)c1c(F)cccc1OC. The van der Waals surface area contributed by atoms with E-state index in [4.69, 9.17) is 4.74 Å². The highest BCUT2D eigenvalue weighted by molar-refractivity contribution is 5.99. The van der Waals surface area contributed by atoms with Crippen LogP contribution in [0, 0.1) is 5.82 Å². The van der Waals surface area contributed by atoms with Gasteiger partial charge in [-0.1, -0.05) is 6.07 Å². The molecule has 0 saturated heterocycles. The third kappa shape index (κ3) is 2.09. The summed E-state index contributed by atoms with van der Waals surface area (Å²) in [5.41, 5.74) is -0.0585. The molecule has 0 heterocycles. The van der Waals surface area contributed by atoms with Gasteiger partial charge in [-0.05, 0) is 12.1 Å². The molecule has 0 bridgehead atoms. The number of methoxy groups -OCH3 is 2. The van der Waals surface area contributed by atoms with Crippen LogP contribution >= 0.6 is 0 Å². The van der Waals surface area contributed by atoms with Crippen LogP contribution in [-0.2, 0) is 4.74 Å². The highest BCUT2D eigenvalue weighted by Gasteiger charge is 2.16. The van der Waals surface area contributed by atoms with E-state index in [9.17, 15) is 9.18 Å². The van der Waals surface area contributed by atoms with Gasteiger partial charge in [0, 0.05) is 7.11 Å². The van der Waals surface area contributed by atoms with Gasteiger partial charge < -0.3 is 9.47 Å². The lowest BCUT2D eigenvalue weighted by molar-refractivity contribution is 0.0840. The number of rotatable bonds is 4.